The molecule has 2 unspecified atom stereocenters. The number of nitrogens with one attached hydrogen (secondary N) is 1. The maximum Gasteiger partial charge on any atom is 0.0670 e. The van der Waals surface area contributed by atoms with Gasteiger partial charge < -0.3 is 10.1 Å². The minimum atomic E-state index is 0.394. The Kier molecular flexibility index (Phi) is 3.48. The third kappa shape index (κ3) is 2.15. The molecule has 0 saturated heterocycles. The molecule has 2 atom stereocenters. The number of aryl methyl sites for hydroxylation is 1. The largest absolute Gasteiger partial charge is 0.381 e. The zero-order valence-electron chi connectivity index (χ0n) is 11.7. The molecule has 2 fully saturated rings. The molecule has 0 bridgehead atoms. The number of ether oxygens (including phenoxy) is 1. The van der Waals surface area contributed by atoms with Gasteiger partial charge in [0.05, 0.1) is 6.10 Å². The molecule has 1 aromatic rings. The summed E-state index contributed by atoms with van der Waals surface area (Å²) < 4.78 is 5.89. The molecule has 0 radical (unpaired) electrons. The Morgan fingerprint density at radius 2 is 2.21 bits per heavy atom. The van der Waals surface area contributed by atoms with Crippen LogP contribution in [0.15, 0.2) is 18.2 Å². The molecule has 104 valence electrons. The SMILES string of the molecule is CCOC1CC(Nc2cc(Cl)ccc2C)C12CCC2. The van der Waals surface area contributed by atoms with E-state index in [0.717, 1.165) is 18.1 Å². The molecule has 1 N–H and O–H groups in total. The molecular formula is C16H22ClNO. The van der Waals surface area contributed by atoms with Crippen molar-refractivity contribution in [3.05, 3.63) is 28.8 Å². The highest BCUT2D eigenvalue weighted by Crippen LogP contribution is 2.58. The summed E-state index contributed by atoms with van der Waals surface area (Å²) in [6.45, 7) is 5.05. The Morgan fingerprint density at radius 1 is 1.42 bits per heavy atom. The normalized spacial score (nSPS) is 27.7. The lowest BCUT2D eigenvalue weighted by atomic mass is 9.51. The molecule has 3 heteroatoms. The molecule has 2 saturated carbocycles. The van der Waals surface area contributed by atoms with Crippen LogP contribution in [-0.2, 0) is 4.74 Å². The van der Waals surface area contributed by atoms with Crippen LogP contribution in [0.25, 0.3) is 0 Å². The van der Waals surface area contributed by atoms with Crippen molar-refractivity contribution in [1.82, 2.24) is 0 Å². The predicted octanol–water partition coefficient (Wildman–Crippen LogP) is 4.41. The standard InChI is InChI=1S/C16H22ClNO/c1-3-19-15-10-14(16(15)7-4-8-16)18-13-9-12(17)6-5-11(13)2/h5-6,9,14-15,18H,3-4,7-8,10H2,1-2H3. The monoisotopic (exact) mass is 279 g/mol. The smallest absolute Gasteiger partial charge is 0.0670 e. The highest BCUT2D eigenvalue weighted by Gasteiger charge is 2.58. The average Bonchev–Trinajstić information content (AvgIpc) is 2.30. The third-order valence-corrected chi connectivity index (χ3v) is 5.20. The lowest BCUT2D eigenvalue weighted by molar-refractivity contribution is -0.157. The molecule has 0 aliphatic heterocycles. The Hall–Kier alpha value is -0.730. The summed E-state index contributed by atoms with van der Waals surface area (Å²) in [4.78, 5) is 0. The quantitative estimate of drug-likeness (QED) is 0.882. The second kappa shape index (κ2) is 4.99. The van der Waals surface area contributed by atoms with E-state index in [9.17, 15) is 0 Å². The summed E-state index contributed by atoms with van der Waals surface area (Å²) >= 11 is 6.09. The van der Waals surface area contributed by atoms with Crippen LogP contribution < -0.4 is 5.32 Å². The van der Waals surface area contributed by atoms with Gasteiger partial charge in [-0.05, 0) is 50.8 Å². The van der Waals surface area contributed by atoms with Gasteiger partial charge >= 0.3 is 0 Å². The summed E-state index contributed by atoms with van der Waals surface area (Å²) in [5, 5.41) is 4.51. The van der Waals surface area contributed by atoms with Crippen molar-refractivity contribution in [2.24, 2.45) is 5.41 Å². The number of hydrogen-bond donors (Lipinski definition) is 1. The topological polar surface area (TPSA) is 21.3 Å². The first-order valence-electron chi connectivity index (χ1n) is 7.30. The lowest BCUT2D eigenvalue weighted by Crippen LogP contribution is -2.64. The van der Waals surface area contributed by atoms with Gasteiger partial charge in [-0.2, -0.15) is 0 Å². The van der Waals surface area contributed by atoms with Crippen molar-refractivity contribution in [2.45, 2.75) is 51.7 Å². The van der Waals surface area contributed by atoms with Crippen molar-refractivity contribution >= 4 is 17.3 Å². The Morgan fingerprint density at radius 3 is 2.84 bits per heavy atom. The molecule has 3 rings (SSSR count). The van der Waals surface area contributed by atoms with Crippen molar-refractivity contribution in [1.29, 1.82) is 0 Å². The van der Waals surface area contributed by atoms with Crippen molar-refractivity contribution < 1.29 is 4.74 Å². The van der Waals surface area contributed by atoms with E-state index in [2.05, 4.69) is 25.2 Å². The zero-order chi connectivity index (χ0) is 13.5. The number of hydrogen-bond acceptors (Lipinski definition) is 2. The van der Waals surface area contributed by atoms with Crippen LogP contribution in [0.4, 0.5) is 5.69 Å². The third-order valence-electron chi connectivity index (χ3n) is 4.97. The molecular weight excluding hydrogens is 258 g/mol. The number of rotatable bonds is 4. The first-order valence-corrected chi connectivity index (χ1v) is 7.68. The Bertz CT molecular complexity index is 470. The number of anilines is 1. The van der Waals surface area contributed by atoms with Crippen molar-refractivity contribution in [3.63, 3.8) is 0 Å². The Labute approximate surface area is 120 Å². The van der Waals surface area contributed by atoms with Gasteiger partial charge in [-0.25, -0.2) is 0 Å². The average molecular weight is 280 g/mol. The molecule has 2 aliphatic rings. The molecule has 0 amide bonds. The van der Waals surface area contributed by atoms with E-state index in [4.69, 9.17) is 16.3 Å². The minimum absolute atomic E-state index is 0.394. The maximum absolute atomic E-state index is 6.09. The van der Waals surface area contributed by atoms with Gasteiger partial charge in [-0.1, -0.05) is 24.1 Å². The summed E-state index contributed by atoms with van der Waals surface area (Å²) in [5.74, 6) is 0. The fourth-order valence-corrected chi connectivity index (χ4v) is 3.75. The van der Waals surface area contributed by atoms with E-state index in [0.29, 0.717) is 17.6 Å². The van der Waals surface area contributed by atoms with Crippen LogP contribution in [0, 0.1) is 12.3 Å². The summed E-state index contributed by atoms with van der Waals surface area (Å²) in [7, 11) is 0. The van der Waals surface area contributed by atoms with Crippen molar-refractivity contribution in [2.75, 3.05) is 11.9 Å². The van der Waals surface area contributed by atoms with E-state index >= 15 is 0 Å². The van der Waals surface area contributed by atoms with Gasteiger partial charge in [0.1, 0.15) is 0 Å². The van der Waals surface area contributed by atoms with Crippen molar-refractivity contribution in [3.8, 4) is 0 Å². The highest BCUT2D eigenvalue weighted by atomic mass is 35.5. The molecule has 19 heavy (non-hydrogen) atoms. The van der Waals surface area contributed by atoms with Crippen LogP contribution in [0.1, 0.15) is 38.2 Å². The molecule has 1 spiro atoms. The highest BCUT2D eigenvalue weighted by molar-refractivity contribution is 6.30. The van der Waals surface area contributed by atoms with Crippen LogP contribution in [0.3, 0.4) is 0 Å². The molecule has 0 heterocycles. The Balaban J connectivity index is 1.72. The van der Waals surface area contributed by atoms with Gasteiger partial charge in [0.2, 0.25) is 0 Å². The predicted molar refractivity (Wildman–Crippen MR) is 79.9 cm³/mol. The number of benzene rings is 1. The van der Waals surface area contributed by atoms with Crippen LogP contribution in [0.2, 0.25) is 5.02 Å². The first kappa shape index (κ1) is 13.3. The van der Waals surface area contributed by atoms with E-state index in [1.807, 2.05) is 12.1 Å². The van der Waals surface area contributed by atoms with Gasteiger partial charge in [0, 0.05) is 28.8 Å². The molecule has 2 aliphatic carbocycles. The molecule has 0 aromatic heterocycles. The lowest BCUT2D eigenvalue weighted by Gasteiger charge is -2.61. The van der Waals surface area contributed by atoms with Gasteiger partial charge in [-0.3, -0.25) is 0 Å². The molecule has 2 nitrogen and oxygen atoms in total. The van der Waals surface area contributed by atoms with Crippen LogP contribution in [0.5, 0.6) is 0 Å². The minimum Gasteiger partial charge on any atom is -0.381 e. The summed E-state index contributed by atoms with van der Waals surface area (Å²) in [6.07, 6.45) is 5.53. The van der Waals surface area contributed by atoms with Crippen LogP contribution >= 0.6 is 11.6 Å². The fraction of sp³-hybridized carbons (Fsp3) is 0.625. The van der Waals surface area contributed by atoms with Gasteiger partial charge in [0.15, 0.2) is 0 Å². The van der Waals surface area contributed by atoms with Gasteiger partial charge in [0.25, 0.3) is 0 Å². The number of halogens is 1. The zero-order valence-corrected chi connectivity index (χ0v) is 12.5. The van der Waals surface area contributed by atoms with Gasteiger partial charge in [-0.15, -0.1) is 0 Å². The van der Waals surface area contributed by atoms with E-state index in [1.165, 1.54) is 30.5 Å². The fourth-order valence-electron chi connectivity index (χ4n) is 3.58. The summed E-state index contributed by atoms with van der Waals surface area (Å²) in [5.41, 5.74) is 2.84. The second-order valence-corrected chi connectivity index (χ2v) is 6.36. The first-order chi connectivity index (χ1) is 9.15. The van der Waals surface area contributed by atoms with E-state index in [-0.39, 0.29) is 0 Å². The molecule has 1 aromatic carbocycles. The van der Waals surface area contributed by atoms with E-state index in [1.54, 1.807) is 0 Å². The maximum atomic E-state index is 6.09. The summed E-state index contributed by atoms with van der Waals surface area (Å²) in [6, 6.07) is 6.62. The second-order valence-electron chi connectivity index (χ2n) is 5.92. The van der Waals surface area contributed by atoms with Crippen LogP contribution in [-0.4, -0.2) is 18.8 Å². The van der Waals surface area contributed by atoms with E-state index < -0.39 is 0 Å².